The van der Waals surface area contributed by atoms with Gasteiger partial charge in [0.2, 0.25) is 0 Å². The van der Waals surface area contributed by atoms with Crippen molar-refractivity contribution in [3.8, 4) is 0 Å². The Kier molecular flexibility index (Phi) is 4.04. The molecule has 1 atom stereocenters. The molecule has 18 heavy (non-hydrogen) atoms. The number of nitrogen functional groups attached to an aromatic ring is 1. The fourth-order valence-corrected chi connectivity index (χ4v) is 2.20. The highest BCUT2D eigenvalue weighted by atomic mass is 16.5. The lowest BCUT2D eigenvalue weighted by atomic mass is 10.2. The van der Waals surface area contributed by atoms with Crippen LogP contribution in [0.15, 0.2) is 24.3 Å². The molecule has 1 fully saturated rings. The number of anilines is 1. The van der Waals surface area contributed by atoms with Crippen LogP contribution in [-0.2, 0) is 11.3 Å². The first-order valence-electron chi connectivity index (χ1n) is 6.08. The SMILES string of the molecule is COC(=O)NC1CCN(Cc2ccc(N)cc2)C1. The number of carbonyl (C=O) groups excluding carboxylic acids is 1. The number of hydrogen-bond acceptors (Lipinski definition) is 4. The fourth-order valence-electron chi connectivity index (χ4n) is 2.20. The molecule has 3 N–H and O–H groups in total. The standard InChI is InChI=1S/C13H19N3O2/c1-18-13(17)15-12-6-7-16(9-12)8-10-2-4-11(14)5-3-10/h2-5,12H,6-9,14H2,1H3,(H,15,17). The predicted octanol–water partition coefficient (Wildman–Crippen LogP) is 1.20. The Hall–Kier alpha value is -1.75. The summed E-state index contributed by atoms with van der Waals surface area (Å²) in [7, 11) is 1.39. The van der Waals surface area contributed by atoms with Crippen LogP contribution in [0.1, 0.15) is 12.0 Å². The molecule has 1 saturated heterocycles. The quantitative estimate of drug-likeness (QED) is 0.790. The minimum atomic E-state index is -0.352. The third-order valence-electron chi connectivity index (χ3n) is 3.17. The van der Waals surface area contributed by atoms with Gasteiger partial charge in [-0.1, -0.05) is 12.1 Å². The molecule has 1 amide bonds. The van der Waals surface area contributed by atoms with Crippen LogP contribution in [0.4, 0.5) is 10.5 Å². The van der Waals surface area contributed by atoms with Crippen molar-refractivity contribution in [3.63, 3.8) is 0 Å². The van der Waals surface area contributed by atoms with Crippen LogP contribution in [0.5, 0.6) is 0 Å². The van der Waals surface area contributed by atoms with Gasteiger partial charge in [0.15, 0.2) is 0 Å². The van der Waals surface area contributed by atoms with E-state index in [1.165, 1.54) is 12.7 Å². The summed E-state index contributed by atoms with van der Waals surface area (Å²) >= 11 is 0. The molecule has 1 aromatic carbocycles. The summed E-state index contributed by atoms with van der Waals surface area (Å²) in [5, 5.41) is 2.83. The van der Waals surface area contributed by atoms with Gasteiger partial charge >= 0.3 is 6.09 Å². The van der Waals surface area contributed by atoms with Crippen molar-refractivity contribution in [2.24, 2.45) is 0 Å². The minimum absolute atomic E-state index is 0.186. The highest BCUT2D eigenvalue weighted by molar-refractivity contribution is 5.67. The Morgan fingerprint density at radius 3 is 2.89 bits per heavy atom. The number of likely N-dealkylation sites (tertiary alicyclic amines) is 1. The number of amides is 1. The van der Waals surface area contributed by atoms with Gasteiger partial charge in [-0.05, 0) is 24.1 Å². The van der Waals surface area contributed by atoms with E-state index in [0.717, 1.165) is 31.7 Å². The largest absolute Gasteiger partial charge is 0.453 e. The van der Waals surface area contributed by atoms with Gasteiger partial charge in [0.05, 0.1) is 7.11 Å². The van der Waals surface area contributed by atoms with Gasteiger partial charge in [0.25, 0.3) is 0 Å². The van der Waals surface area contributed by atoms with E-state index in [-0.39, 0.29) is 12.1 Å². The summed E-state index contributed by atoms with van der Waals surface area (Å²) < 4.78 is 4.60. The molecule has 1 aliphatic heterocycles. The van der Waals surface area contributed by atoms with E-state index in [0.29, 0.717) is 0 Å². The van der Waals surface area contributed by atoms with E-state index < -0.39 is 0 Å². The van der Waals surface area contributed by atoms with Gasteiger partial charge in [-0.3, -0.25) is 4.90 Å². The Bertz CT molecular complexity index is 405. The van der Waals surface area contributed by atoms with Crippen LogP contribution >= 0.6 is 0 Å². The van der Waals surface area contributed by atoms with Crippen LogP contribution in [0.3, 0.4) is 0 Å². The lowest BCUT2D eigenvalue weighted by molar-refractivity contribution is 0.166. The average Bonchev–Trinajstić information content (AvgIpc) is 2.79. The van der Waals surface area contributed by atoms with Crippen LogP contribution < -0.4 is 11.1 Å². The van der Waals surface area contributed by atoms with Crippen molar-refractivity contribution in [1.82, 2.24) is 10.2 Å². The van der Waals surface area contributed by atoms with E-state index in [4.69, 9.17) is 5.73 Å². The summed E-state index contributed by atoms with van der Waals surface area (Å²) in [5.74, 6) is 0. The molecule has 1 heterocycles. The molecular formula is C13H19N3O2. The van der Waals surface area contributed by atoms with Gasteiger partial charge in [0, 0.05) is 31.4 Å². The zero-order valence-electron chi connectivity index (χ0n) is 10.6. The highest BCUT2D eigenvalue weighted by Crippen LogP contribution is 2.14. The zero-order valence-corrected chi connectivity index (χ0v) is 10.6. The molecule has 0 radical (unpaired) electrons. The van der Waals surface area contributed by atoms with Crippen molar-refractivity contribution in [1.29, 1.82) is 0 Å². The maximum Gasteiger partial charge on any atom is 0.407 e. The normalized spacial score (nSPS) is 19.7. The maximum atomic E-state index is 11.1. The van der Waals surface area contributed by atoms with Crippen molar-refractivity contribution in [2.75, 3.05) is 25.9 Å². The lowest BCUT2D eigenvalue weighted by Gasteiger charge is -2.16. The summed E-state index contributed by atoms with van der Waals surface area (Å²) in [5.41, 5.74) is 7.67. The minimum Gasteiger partial charge on any atom is -0.453 e. The second kappa shape index (κ2) is 5.73. The molecular weight excluding hydrogens is 230 g/mol. The van der Waals surface area contributed by atoms with Crippen molar-refractivity contribution in [2.45, 2.75) is 19.0 Å². The van der Waals surface area contributed by atoms with Gasteiger partial charge < -0.3 is 15.8 Å². The number of nitrogens with one attached hydrogen (secondary N) is 1. The van der Waals surface area contributed by atoms with E-state index in [1.807, 2.05) is 24.3 Å². The van der Waals surface area contributed by atoms with Crippen molar-refractivity contribution >= 4 is 11.8 Å². The molecule has 1 unspecified atom stereocenters. The Morgan fingerprint density at radius 2 is 2.22 bits per heavy atom. The fraction of sp³-hybridized carbons (Fsp3) is 0.462. The predicted molar refractivity (Wildman–Crippen MR) is 70.1 cm³/mol. The summed E-state index contributed by atoms with van der Waals surface area (Å²) in [6.07, 6.45) is 0.610. The first-order valence-corrected chi connectivity index (χ1v) is 6.08. The number of methoxy groups -OCH3 is 1. The average molecular weight is 249 g/mol. The first kappa shape index (κ1) is 12.7. The molecule has 0 aromatic heterocycles. The number of nitrogens with two attached hydrogens (primary N) is 1. The monoisotopic (exact) mass is 249 g/mol. The molecule has 1 aromatic rings. The number of benzene rings is 1. The summed E-state index contributed by atoms with van der Waals surface area (Å²) in [6, 6.07) is 8.09. The molecule has 5 heteroatoms. The third kappa shape index (κ3) is 3.37. The summed E-state index contributed by atoms with van der Waals surface area (Å²) in [4.78, 5) is 13.4. The van der Waals surface area contributed by atoms with E-state index in [2.05, 4.69) is 15.0 Å². The van der Waals surface area contributed by atoms with Gasteiger partial charge in [0.1, 0.15) is 0 Å². The molecule has 0 saturated carbocycles. The topological polar surface area (TPSA) is 67.6 Å². The Balaban J connectivity index is 1.82. The summed E-state index contributed by atoms with van der Waals surface area (Å²) in [6.45, 7) is 2.73. The Labute approximate surface area is 107 Å². The number of alkyl carbamates (subject to hydrolysis) is 1. The number of nitrogens with zero attached hydrogens (tertiary/aromatic N) is 1. The van der Waals surface area contributed by atoms with Crippen LogP contribution in [0.25, 0.3) is 0 Å². The van der Waals surface area contributed by atoms with Gasteiger partial charge in [-0.25, -0.2) is 4.79 Å². The zero-order chi connectivity index (χ0) is 13.0. The van der Waals surface area contributed by atoms with Crippen LogP contribution in [0.2, 0.25) is 0 Å². The molecule has 0 aliphatic carbocycles. The highest BCUT2D eigenvalue weighted by Gasteiger charge is 2.23. The van der Waals surface area contributed by atoms with Crippen LogP contribution in [0, 0.1) is 0 Å². The molecule has 1 aliphatic rings. The molecule has 0 spiro atoms. The second-order valence-corrected chi connectivity index (χ2v) is 4.60. The van der Waals surface area contributed by atoms with Gasteiger partial charge in [-0.15, -0.1) is 0 Å². The number of carbonyl (C=O) groups is 1. The molecule has 98 valence electrons. The van der Waals surface area contributed by atoms with Crippen LogP contribution in [-0.4, -0.2) is 37.2 Å². The number of hydrogen-bond donors (Lipinski definition) is 2. The lowest BCUT2D eigenvalue weighted by Crippen LogP contribution is -2.36. The second-order valence-electron chi connectivity index (χ2n) is 4.60. The van der Waals surface area contributed by atoms with Gasteiger partial charge in [-0.2, -0.15) is 0 Å². The van der Waals surface area contributed by atoms with Crippen molar-refractivity contribution < 1.29 is 9.53 Å². The van der Waals surface area contributed by atoms with E-state index in [1.54, 1.807) is 0 Å². The first-order chi connectivity index (χ1) is 8.67. The van der Waals surface area contributed by atoms with E-state index in [9.17, 15) is 4.79 Å². The Morgan fingerprint density at radius 1 is 1.50 bits per heavy atom. The van der Waals surface area contributed by atoms with Crippen molar-refractivity contribution in [3.05, 3.63) is 29.8 Å². The number of ether oxygens (including phenoxy) is 1. The molecule has 5 nitrogen and oxygen atoms in total. The maximum absolute atomic E-state index is 11.1. The third-order valence-corrected chi connectivity index (χ3v) is 3.17. The van der Waals surface area contributed by atoms with E-state index >= 15 is 0 Å². The number of rotatable bonds is 3. The molecule has 2 rings (SSSR count). The smallest absolute Gasteiger partial charge is 0.407 e. The molecule has 0 bridgehead atoms.